The van der Waals surface area contributed by atoms with Gasteiger partial charge < -0.3 is 69.4 Å². The molecule has 2 aliphatic rings. The highest BCUT2D eigenvalue weighted by Gasteiger charge is 2.40. The molecule has 22 nitrogen and oxygen atoms in total. The number of aromatic amines is 1. The Kier molecular flexibility index (Phi) is 23.0. The lowest BCUT2D eigenvalue weighted by atomic mass is 9.86. The SMILES string of the molecule is CC[C@H](C)[C@H](NC(=O)[C@@H](Cc1c[nH]c2ccccc12)NC(=O)CC1CCCCC1)C(=O)N[C@H](C(=O)N[C@@H](CN)C(=O)N[C@@H](C)C(=O)N[C@@H](CS)C(=O)N1CCC[C@H]1C(=O)N[C@@H](CCCN)C(N)=O)[C@@H](C)O. The number of benzene rings is 1. The maximum absolute atomic E-state index is 14.2. The summed E-state index contributed by atoms with van der Waals surface area (Å²) in [5, 5.41) is 29.9. The van der Waals surface area contributed by atoms with Gasteiger partial charge >= 0.3 is 0 Å². The molecule has 0 radical (unpaired) electrons. The molecule has 71 heavy (non-hydrogen) atoms. The van der Waals surface area contributed by atoms with Gasteiger partial charge in [0.1, 0.15) is 48.3 Å². The van der Waals surface area contributed by atoms with Crippen molar-refractivity contribution in [2.75, 3.05) is 25.4 Å². The summed E-state index contributed by atoms with van der Waals surface area (Å²) in [7, 11) is 0. The Morgan fingerprint density at radius 2 is 1.41 bits per heavy atom. The minimum absolute atomic E-state index is 0.118. The molecular weight excluding hydrogens is 937 g/mol. The number of H-pyrrole nitrogens is 1. The summed E-state index contributed by atoms with van der Waals surface area (Å²) in [5.74, 6) is -6.79. The van der Waals surface area contributed by atoms with Gasteiger partial charge in [-0.3, -0.25) is 43.2 Å². The van der Waals surface area contributed by atoms with Crippen molar-refractivity contribution in [3.8, 4) is 0 Å². The number of aromatic nitrogens is 1. The number of hydrogen-bond donors (Lipinski definition) is 13. The molecular formula is C48H76N12O10S. The fourth-order valence-electron chi connectivity index (χ4n) is 8.97. The molecule has 1 aromatic heterocycles. The largest absolute Gasteiger partial charge is 0.391 e. The van der Waals surface area contributed by atoms with Gasteiger partial charge in [-0.2, -0.15) is 12.6 Å². The fraction of sp³-hybridized carbons (Fsp3) is 0.646. The average Bonchev–Trinajstić information content (AvgIpc) is 4.01. The van der Waals surface area contributed by atoms with Crippen molar-refractivity contribution in [2.24, 2.45) is 29.0 Å². The molecule has 2 fully saturated rings. The molecule has 394 valence electrons. The number of carbonyl (C=O) groups excluding carboxylic acids is 9. The molecule has 15 N–H and O–H groups in total. The highest BCUT2D eigenvalue weighted by molar-refractivity contribution is 7.80. The lowest BCUT2D eigenvalue weighted by molar-refractivity contribution is -0.142. The predicted molar refractivity (Wildman–Crippen MR) is 269 cm³/mol. The van der Waals surface area contributed by atoms with Gasteiger partial charge in [-0.25, -0.2) is 0 Å². The molecule has 0 spiro atoms. The topological polar surface area (TPSA) is 355 Å². The number of likely N-dealkylation sites (tertiary alicyclic amines) is 1. The van der Waals surface area contributed by atoms with Crippen LogP contribution in [0.25, 0.3) is 10.9 Å². The fourth-order valence-corrected chi connectivity index (χ4v) is 9.22. The molecule has 4 rings (SSSR count). The van der Waals surface area contributed by atoms with Crippen molar-refractivity contribution in [1.29, 1.82) is 0 Å². The maximum Gasteiger partial charge on any atom is 0.246 e. The molecule has 0 unspecified atom stereocenters. The van der Waals surface area contributed by atoms with Gasteiger partial charge in [-0.05, 0) is 82.4 Å². The third-order valence-corrected chi connectivity index (χ3v) is 13.8. The second-order valence-electron chi connectivity index (χ2n) is 18.8. The maximum atomic E-state index is 14.2. The smallest absolute Gasteiger partial charge is 0.246 e. The molecule has 10 atom stereocenters. The van der Waals surface area contributed by atoms with Gasteiger partial charge in [-0.15, -0.1) is 0 Å². The van der Waals surface area contributed by atoms with E-state index in [0.29, 0.717) is 25.7 Å². The lowest BCUT2D eigenvalue weighted by Crippen LogP contribution is -2.63. The normalized spacial score (nSPS) is 18.8. The van der Waals surface area contributed by atoms with Crippen LogP contribution in [0, 0.1) is 11.8 Å². The molecule has 1 aliphatic heterocycles. The first-order valence-electron chi connectivity index (χ1n) is 24.8. The number of rotatable bonds is 27. The van der Waals surface area contributed by atoms with E-state index in [2.05, 4.69) is 54.8 Å². The molecule has 1 aromatic carbocycles. The summed E-state index contributed by atoms with van der Waals surface area (Å²) in [5.41, 5.74) is 18.5. The minimum Gasteiger partial charge on any atom is -0.391 e. The van der Waals surface area contributed by atoms with E-state index >= 15 is 0 Å². The summed E-state index contributed by atoms with van der Waals surface area (Å²) in [6.07, 6.45) is 7.58. The molecule has 1 saturated heterocycles. The van der Waals surface area contributed by atoms with E-state index in [0.717, 1.165) is 48.6 Å². The summed E-state index contributed by atoms with van der Waals surface area (Å²) in [4.78, 5) is 126. The van der Waals surface area contributed by atoms with Crippen LogP contribution in [0.1, 0.15) is 104 Å². The van der Waals surface area contributed by atoms with Gasteiger partial charge in [-0.1, -0.05) is 57.7 Å². The molecule has 1 aliphatic carbocycles. The summed E-state index contributed by atoms with van der Waals surface area (Å²) < 4.78 is 0. The first kappa shape index (κ1) is 57.8. The molecule has 1 saturated carbocycles. The predicted octanol–water partition coefficient (Wildman–Crippen LogP) is -1.38. The van der Waals surface area contributed by atoms with E-state index in [1.165, 1.54) is 18.7 Å². The van der Waals surface area contributed by atoms with E-state index in [1.54, 1.807) is 13.1 Å². The number of fused-ring (bicyclic) bond motifs is 1. The zero-order valence-corrected chi connectivity index (χ0v) is 42.2. The Morgan fingerprint density at radius 3 is 2.04 bits per heavy atom. The van der Waals surface area contributed by atoms with Crippen LogP contribution in [0.2, 0.25) is 0 Å². The average molecular weight is 1010 g/mol. The molecule has 23 heteroatoms. The summed E-state index contributed by atoms with van der Waals surface area (Å²) in [6.45, 7) is 6.13. The van der Waals surface area contributed by atoms with E-state index in [4.69, 9.17) is 17.2 Å². The van der Waals surface area contributed by atoms with Crippen LogP contribution in [0.3, 0.4) is 0 Å². The molecule has 2 heterocycles. The Hall–Kier alpha value is -5.78. The van der Waals surface area contributed by atoms with Crippen LogP contribution in [-0.2, 0) is 49.6 Å². The first-order chi connectivity index (χ1) is 33.8. The zero-order chi connectivity index (χ0) is 52.4. The quantitative estimate of drug-likeness (QED) is 0.0461. The number of amides is 9. The Labute approximate surface area is 420 Å². The van der Waals surface area contributed by atoms with E-state index in [1.807, 2.05) is 31.2 Å². The van der Waals surface area contributed by atoms with Gasteiger partial charge in [0.2, 0.25) is 53.2 Å². The van der Waals surface area contributed by atoms with Gasteiger partial charge in [0.15, 0.2) is 0 Å². The third-order valence-electron chi connectivity index (χ3n) is 13.4. The van der Waals surface area contributed by atoms with Crippen molar-refractivity contribution in [3.05, 3.63) is 36.0 Å². The molecule has 9 amide bonds. The van der Waals surface area contributed by atoms with E-state index in [-0.39, 0.29) is 49.9 Å². The Morgan fingerprint density at radius 1 is 0.761 bits per heavy atom. The number of nitrogens with zero attached hydrogens (tertiary/aromatic N) is 1. The van der Waals surface area contributed by atoms with E-state index < -0.39 is 114 Å². The van der Waals surface area contributed by atoms with Crippen molar-refractivity contribution in [3.63, 3.8) is 0 Å². The van der Waals surface area contributed by atoms with Gasteiger partial charge in [0.05, 0.1) is 6.10 Å². The molecule has 0 bridgehead atoms. The second-order valence-corrected chi connectivity index (χ2v) is 19.2. The second kappa shape index (κ2) is 28.3. The number of primary amides is 1. The number of nitrogens with two attached hydrogens (primary N) is 3. The van der Waals surface area contributed by atoms with Crippen LogP contribution in [-0.4, -0.2) is 148 Å². The zero-order valence-electron chi connectivity index (χ0n) is 41.3. The first-order valence-corrected chi connectivity index (χ1v) is 25.4. The number of nitrogens with one attached hydrogen (secondary N) is 8. The minimum atomic E-state index is -1.64. The van der Waals surface area contributed by atoms with Crippen LogP contribution in [0.4, 0.5) is 0 Å². The highest BCUT2D eigenvalue weighted by Crippen LogP contribution is 2.27. The molecule has 2 aromatic rings. The Balaban J connectivity index is 1.39. The van der Waals surface area contributed by atoms with Gasteiger partial charge in [0.25, 0.3) is 0 Å². The highest BCUT2D eigenvalue weighted by atomic mass is 32.1. The number of hydrogen-bond acceptors (Lipinski definition) is 13. The van der Waals surface area contributed by atoms with Crippen molar-refractivity contribution < 1.29 is 48.3 Å². The van der Waals surface area contributed by atoms with Crippen molar-refractivity contribution >= 4 is 76.7 Å². The van der Waals surface area contributed by atoms with Crippen LogP contribution >= 0.6 is 12.6 Å². The standard InChI is InChI=1S/C48H76N12O10S/c1-5-26(2)39(58-43(65)34(54-38(62)21-29-13-7-6-8-14-29)22-30-24-52-32-16-10-9-15-31(30)32)46(68)59-40(28(4)61)47(69)56-35(23-50)44(66)53-27(3)42(64)57-36(25-71)48(70)60-20-12-18-37(60)45(67)55-33(41(51)63)17-11-19-49/h9-10,15-16,24,26-29,33-37,39-40,52,61,71H,5-8,11-14,17-23,25,49-50H2,1-4H3,(H2,51,63)(H,53,66)(H,54,62)(H,55,67)(H,56,69)(H,57,64)(H,58,65)(H,59,68)/t26-,27-,28+,33-,34+,35-,36-,37-,39-,40-/m0/s1. The van der Waals surface area contributed by atoms with Gasteiger partial charge in [0, 0.05) is 48.8 Å². The van der Waals surface area contributed by atoms with E-state index in [9.17, 15) is 48.3 Å². The number of aliphatic hydroxyl groups excluding tert-OH is 1. The van der Waals surface area contributed by atoms with Crippen LogP contribution < -0.4 is 54.4 Å². The van der Waals surface area contributed by atoms with Crippen LogP contribution in [0.15, 0.2) is 30.5 Å². The number of thiol groups is 1. The van der Waals surface area contributed by atoms with Crippen molar-refractivity contribution in [1.82, 2.24) is 47.1 Å². The lowest BCUT2D eigenvalue weighted by Gasteiger charge is -2.30. The number of carbonyl (C=O) groups is 9. The van der Waals surface area contributed by atoms with Crippen molar-refractivity contribution in [2.45, 2.75) is 159 Å². The number of para-hydroxylation sites is 1. The third kappa shape index (κ3) is 16.6. The summed E-state index contributed by atoms with van der Waals surface area (Å²) in [6, 6.07) is -2.27. The Bertz CT molecular complexity index is 2170. The summed E-state index contributed by atoms with van der Waals surface area (Å²) >= 11 is 4.25. The number of aliphatic hydroxyl groups is 1. The van der Waals surface area contributed by atoms with Crippen LogP contribution in [0.5, 0.6) is 0 Å². The monoisotopic (exact) mass is 1010 g/mol.